The van der Waals surface area contributed by atoms with Crippen molar-refractivity contribution in [3.8, 4) is 0 Å². The zero-order chi connectivity index (χ0) is 16.3. The van der Waals surface area contributed by atoms with Crippen LogP contribution in [0.25, 0.3) is 0 Å². The Morgan fingerprint density at radius 3 is 2.77 bits per heavy atom. The maximum Gasteiger partial charge on any atom is 0.285 e. The second-order valence-corrected chi connectivity index (χ2v) is 5.76. The predicted octanol–water partition coefficient (Wildman–Crippen LogP) is 2.32. The summed E-state index contributed by atoms with van der Waals surface area (Å²) in [5, 5.41) is 13.2. The van der Waals surface area contributed by atoms with E-state index >= 15 is 0 Å². The summed E-state index contributed by atoms with van der Waals surface area (Å²) in [5.74, 6) is -0.501. The lowest BCUT2D eigenvalue weighted by molar-refractivity contribution is -0.385. The number of carbonyl (C=O) groups is 1. The van der Waals surface area contributed by atoms with E-state index in [9.17, 15) is 19.7 Å². The third kappa shape index (κ3) is 3.98. The highest BCUT2D eigenvalue weighted by Gasteiger charge is 2.11. The average Bonchev–Trinajstić information content (AvgIpc) is 2.45. The Kier molecular flexibility index (Phi) is 5.03. The zero-order valence-corrected chi connectivity index (χ0v) is 14.0. The number of pyridine rings is 2. The van der Waals surface area contributed by atoms with Crippen molar-refractivity contribution in [2.24, 2.45) is 0 Å². The molecule has 0 atom stereocenters. The molecule has 0 saturated carbocycles. The molecule has 0 radical (unpaired) electrons. The molecule has 0 bridgehead atoms. The maximum absolute atomic E-state index is 11.9. The molecule has 1 N–H and O–H groups in total. The standard InChI is InChI=1S/C12H8Br2N4O4/c13-9-3-7(4-15-12(9)14)16-10(19)6-17-5-8(18(21)22)1-2-11(17)20/h1-5H,6H2,(H,16,19). The number of anilines is 1. The number of nitrogens with one attached hydrogen (secondary N) is 1. The first-order valence-corrected chi connectivity index (χ1v) is 7.41. The molecule has 2 heterocycles. The van der Waals surface area contributed by atoms with Gasteiger partial charge in [0.25, 0.3) is 11.2 Å². The number of hydrogen-bond acceptors (Lipinski definition) is 5. The second kappa shape index (κ2) is 6.79. The average molecular weight is 432 g/mol. The third-order valence-electron chi connectivity index (χ3n) is 2.57. The number of carbonyl (C=O) groups excluding carboxylic acids is 1. The molecule has 2 rings (SSSR count). The highest BCUT2D eigenvalue weighted by molar-refractivity contribution is 9.13. The molecule has 0 spiro atoms. The second-order valence-electron chi connectivity index (χ2n) is 4.16. The quantitative estimate of drug-likeness (QED) is 0.454. The Labute approximate surface area is 140 Å². The summed E-state index contributed by atoms with van der Waals surface area (Å²) in [5.41, 5.74) is -0.338. The molecule has 0 saturated heterocycles. The summed E-state index contributed by atoms with van der Waals surface area (Å²) >= 11 is 6.45. The van der Waals surface area contributed by atoms with Crippen LogP contribution in [0.2, 0.25) is 0 Å². The van der Waals surface area contributed by atoms with Crippen molar-refractivity contribution in [1.29, 1.82) is 0 Å². The zero-order valence-electron chi connectivity index (χ0n) is 10.8. The van der Waals surface area contributed by atoms with Crippen LogP contribution < -0.4 is 10.9 Å². The van der Waals surface area contributed by atoms with Crippen molar-refractivity contribution in [2.45, 2.75) is 6.54 Å². The molecule has 2 aromatic heterocycles. The molecular formula is C12H8Br2N4O4. The van der Waals surface area contributed by atoms with E-state index < -0.39 is 16.4 Å². The summed E-state index contributed by atoms with van der Waals surface area (Å²) in [6.07, 6.45) is 2.46. The Bertz CT molecular complexity index is 806. The minimum absolute atomic E-state index is 0.263. The Morgan fingerprint density at radius 2 is 2.14 bits per heavy atom. The molecular weight excluding hydrogens is 424 g/mol. The van der Waals surface area contributed by atoms with Crippen molar-refractivity contribution in [1.82, 2.24) is 9.55 Å². The summed E-state index contributed by atoms with van der Waals surface area (Å²) in [6, 6.07) is 3.76. The van der Waals surface area contributed by atoms with Crippen molar-refractivity contribution < 1.29 is 9.72 Å². The SMILES string of the molecule is O=C(Cn1cc([N+](=O)[O-])ccc1=O)Nc1cnc(Br)c(Br)c1. The van der Waals surface area contributed by atoms with Gasteiger partial charge in [0.1, 0.15) is 11.1 Å². The van der Waals surface area contributed by atoms with Crippen molar-refractivity contribution in [2.75, 3.05) is 5.32 Å². The van der Waals surface area contributed by atoms with Crippen LogP contribution >= 0.6 is 31.9 Å². The van der Waals surface area contributed by atoms with E-state index in [0.29, 0.717) is 14.8 Å². The summed E-state index contributed by atoms with van der Waals surface area (Å²) < 4.78 is 2.20. The fourth-order valence-corrected chi connectivity index (χ4v) is 2.16. The van der Waals surface area contributed by atoms with Gasteiger partial charge in [0, 0.05) is 12.1 Å². The van der Waals surface area contributed by atoms with Gasteiger partial charge in [-0.1, -0.05) is 0 Å². The number of nitrogens with zero attached hydrogens (tertiary/aromatic N) is 3. The normalized spacial score (nSPS) is 10.3. The van der Waals surface area contributed by atoms with Gasteiger partial charge in [0.2, 0.25) is 5.91 Å². The molecule has 8 nitrogen and oxygen atoms in total. The van der Waals surface area contributed by atoms with E-state index in [1.807, 2.05) is 0 Å². The van der Waals surface area contributed by atoms with Crippen LogP contribution in [0.1, 0.15) is 0 Å². The van der Waals surface area contributed by atoms with Crippen LogP contribution in [0.15, 0.2) is 44.5 Å². The fourth-order valence-electron chi connectivity index (χ4n) is 1.60. The largest absolute Gasteiger partial charge is 0.323 e. The summed E-state index contributed by atoms with van der Waals surface area (Å²) in [6.45, 7) is -0.339. The first kappa shape index (κ1) is 16.3. The Hall–Kier alpha value is -2.07. The van der Waals surface area contributed by atoms with Gasteiger partial charge in [-0.3, -0.25) is 24.3 Å². The Balaban J connectivity index is 2.15. The van der Waals surface area contributed by atoms with E-state index in [1.165, 1.54) is 6.20 Å². The molecule has 10 heteroatoms. The van der Waals surface area contributed by atoms with Gasteiger partial charge in [0.15, 0.2) is 0 Å². The van der Waals surface area contributed by atoms with Gasteiger partial charge < -0.3 is 5.32 Å². The lowest BCUT2D eigenvalue weighted by atomic mass is 10.4. The van der Waals surface area contributed by atoms with E-state index in [0.717, 1.165) is 22.9 Å². The van der Waals surface area contributed by atoms with Crippen LogP contribution in [-0.2, 0) is 11.3 Å². The van der Waals surface area contributed by atoms with Crippen LogP contribution in [0.4, 0.5) is 11.4 Å². The van der Waals surface area contributed by atoms with Crippen molar-refractivity contribution in [3.05, 3.63) is 60.1 Å². The van der Waals surface area contributed by atoms with Crippen LogP contribution in [0.5, 0.6) is 0 Å². The van der Waals surface area contributed by atoms with Gasteiger partial charge in [0.05, 0.1) is 27.5 Å². The number of rotatable bonds is 4. The van der Waals surface area contributed by atoms with Gasteiger partial charge in [-0.2, -0.15) is 0 Å². The molecule has 0 fully saturated rings. The fraction of sp³-hybridized carbons (Fsp3) is 0.0833. The van der Waals surface area contributed by atoms with Crippen molar-refractivity contribution in [3.63, 3.8) is 0 Å². The third-order valence-corrected chi connectivity index (χ3v) is 4.34. The van der Waals surface area contributed by atoms with E-state index in [1.54, 1.807) is 6.07 Å². The molecule has 114 valence electrons. The molecule has 2 aromatic rings. The number of amides is 1. The van der Waals surface area contributed by atoms with Gasteiger partial charge in [-0.15, -0.1) is 0 Å². The Morgan fingerprint density at radius 1 is 1.41 bits per heavy atom. The lowest BCUT2D eigenvalue weighted by Crippen LogP contribution is -2.27. The minimum atomic E-state index is -0.635. The van der Waals surface area contributed by atoms with Gasteiger partial charge in [-0.25, -0.2) is 4.98 Å². The topological polar surface area (TPSA) is 107 Å². The minimum Gasteiger partial charge on any atom is -0.323 e. The van der Waals surface area contributed by atoms with Crippen molar-refractivity contribution >= 4 is 49.1 Å². The molecule has 0 aliphatic heterocycles. The lowest BCUT2D eigenvalue weighted by Gasteiger charge is -2.07. The predicted molar refractivity (Wildman–Crippen MR) is 85.6 cm³/mol. The smallest absolute Gasteiger partial charge is 0.285 e. The molecule has 1 amide bonds. The number of aromatic nitrogens is 2. The maximum atomic E-state index is 11.9. The van der Waals surface area contributed by atoms with E-state index in [2.05, 4.69) is 42.2 Å². The van der Waals surface area contributed by atoms with Crippen LogP contribution in [0.3, 0.4) is 0 Å². The number of halogens is 2. The molecule has 0 aromatic carbocycles. The van der Waals surface area contributed by atoms with Gasteiger partial charge in [-0.05, 0) is 37.9 Å². The number of hydrogen-bond donors (Lipinski definition) is 1. The first-order chi connectivity index (χ1) is 10.4. The summed E-state index contributed by atoms with van der Waals surface area (Å²) in [7, 11) is 0. The molecule has 0 aliphatic carbocycles. The summed E-state index contributed by atoms with van der Waals surface area (Å²) in [4.78, 5) is 37.6. The van der Waals surface area contributed by atoms with E-state index in [4.69, 9.17) is 0 Å². The number of nitro groups is 1. The highest BCUT2D eigenvalue weighted by atomic mass is 79.9. The van der Waals surface area contributed by atoms with Crippen LogP contribution in [0, 0.1) is 10.1 Å². The molecule has 22 heavy (non-hydrogen) atoms. The first-order valence-electron chi connectivity index (χ1n) is 5.82. The monoisotopic (exact) mass is 430 g/mol. The van der Waals surface area contributed by atoms with Crippen LogP contribution in [-0.4, -0.2) is 20.4 Å². The highest BCUT2D eigenvalue weighted by Crippen LogP contribution is 2.23. The molecule has 0 unspecified atom stereocenters. The van der Waals surface area contributed by atoms with Gasteiger partial charge >= 0.3 is 0 Å². The van der Waals surface area contributed by atoms with E-state index in [-0.39, 0.29) is 12.2 Å². The molecule has 0 aliphatic rings.